The van der Waals surface area contributed by atoms with Gasteiger partial charge in [0, 0.05) is 36.1 Å². The number of aromatic nitrogens is 1. The number of H-pyrrole nitrogens is 1. The molecule has 27 heavy (non-hydrogen) atoms. The van der Waals surface area contributed by atoms with Crippen molar-refractivity contribution in [3.63, 3.8) is 0 Å². The van der Waals surface area contributed by atoms with E-state index in [1.54, 1.807) is 18.3 Å². The lowest BCUT2D eigenvalue weighted by Crippen LogP contribution is -2.22. The molecule has 0 fully saturated rings. The number of nitrogens with one attached hydrogen (secondary N) is 2. The first-order valence-electron chi connectivity index (χ1n) is 8.64. The monoisotopic (exact) mass is 364 g/mol. The Morgan fingerprint density at radius 3 is 2.52 bits per heavy atom. The van der Waals surface area contributed by atoms with Crippen LogP contribution in [0.25, 0.3) is 10.9 Å². The largest absolute Gasteiger partial charge is 0.454 e. The highest BCUT2D eigenvalue weighted by Crippen LogP contribution is 2.18. The first kappa shape index (κ1) is 18.4. The Hall–Kier alpha value is -3.41. The van der Waals surface area contributed by atoms with E-state index in [-0.39, 0.29) is 18.3 Å². The lowest BCUT2D eigenvalue weighted by atomic mass is 10.1. The van der Waals surface area contributed by atoms with Crippen LogP contribution in [0.4, 0.5) is 0 Å². The van der Waals surface area contributed by atoms with Crippen LogP contribution < -0.4 is 5.32 Å². The number of benzene rings is 2. The average Bonchev–Trinajstić information content (AvgIpc) is 3.10. The zero-order valence-electron chi connectivity index (χ0n) is 15.0. The first-order valence-corrected chi connectivity index (χ1v) is 8.64. The van der Waals surface area contributed by atoms with E-state index in [9.17, 15) is 14.4 Å². The van der Waals surface area contributed by atoms with E-state index in [2.05, 4.69) is 10.3 Å². The SMILES string of the molecule is CC(=O)NCCc1ccc(C(=O)COC(=O)c2c[nH]c3ccccc23)cc1. The minimum atomic E-state index is -0.535. The number of para-hydroxylation sites is 1. The molecular weight excluding hydrogens is 344 g/mol. The molecule has 0 aliphatic heterocycles. The standard InChI is InChI=1S/C21H20N2O4/c1-14(24)22-11-10-15-6-8-16(9-7-15)20(25)13-27-21(26)18-12-23-19-5-3-2-4-17(18)19/h2-9,12,23H,10-11,13H2,1H3,(H,22,24). The molecule has 0 bridgehead atoms. The minimum Gasteiger partial charge on any atom is -0.454 e. The molecule has 0 atom stereocenters. The predicted molar refractivity (Wildman–Crippen MR) is 102 cm³/mol. The second kappa shape index (κ2) is 8.31. The topological polar surface area (TPSA) is 88.3 Å². The van der Waals surface area contributed by atoms with Crippen molar-refractivity contribution in [3.05, 3.63) is 71.4 Å². The fraction of sp³-hybridized carbons (Fsp3) is 0.190. The smallest absolute Gasteiger partial charge is 0.340 e. The highest BCUT2D eigenvalue weighted by atomic mass is 16.5. The maximum atomic E-state index is 12.3. The molecule has 0 saturated heterocycles. The van der Waals surface area contributed by atoms with Crippen molar-refractivity contribution < 1.29 is 19.1 Å². The number of Topliss-reactive ketones (excluding diaryl/α,β-unsaturated/α-hetero) is 1. The van der Waals surface area contributed by atoms with E-state index in [4.69, 9.17) is 4.74 Å². The molecule has 0 radical (unpaired) electrons. The normalized spacial score (nSPS) is 10.6. The van der Waals surface area contributed by atoms with Crippen molar-refractivity contribution in [3.8, 4) is 0 Å². The number of esters is 1. The molecule has 2 N–H and O–H groups in total. The number of ether oxygens (including phenoxy) is 1. The molecule has 0 unspecified atom stereocenters. The summed E-state index contributed by atoms with van der Waals surface area (Å²) in [5, 5.41) is 3.49. The molecule has 0 saturated carbocycles. The molecule has 3 aromatic rings. The van der Waals surface area contributed by atoms with Crippen molar-refractivity contribution in [1.82, 2.24) is 10.3 Å². The van der Waals surface area contributed by atoms with E-state index >= 15 is 0 Å². The van der Waals surface area contributed by atoms with E-state index in [1.807, 2.05) is 36.4 Å². The number of aromatic amines is 1. The molecule has 0 aliphatic carbocycles. The summed E-state index contributed by atoms with van der Waals surface area (Å²) in [6.45, 7) is 1.70. The molecule has 6 heteroatoms. The number of carbonyl (C=O) groups is 3. The summed E-state index contributed by atoms with van der Waals surface area (Å²) in [6.07, 6.45) is 2.27. The number of carbonyl (C=O) groups excluding carboxylic acids is 3. The van der Waals surface area contributed by atoms with Crippen LogP contribution in [0.3, 0.4) is 0 Å². The highest BCUT2D eigenvalue weighted by Gasteiger charge is 2.15. The Bertz CT molecular complexity index is 973. The highest BCUT2D eigenvalue weighted by molar-refractivity contribution is 6.05. The number of amides is 1. The number of hydrogen-bond acceptors (Lipinski definition) is 4. The van der Waals surface area contributed by atoms with Gasteiger partial charge >= 0.3 is 5.97 Å². The molecule has 1 aromatic heterocycles. The molecule has 0 spiro atoms. The van der Waals surface area contributed by atoms with Crippen molar-refractivity contribution in [2.24, 2.45) is 0 Å². The average molecular weight is 364 g/mol. The van der Waals surface area contributed by atoms with Gasteiger partial charge in [-0.2, -0.15) is 0 Å². The summed E-state index contributed by atoms with van der Waals surface area (Å²) < 4.78 is 5.18. The van der Waals surface area contributed by atoms with Crippen molar-refractivity contribution in [2.45, 2.75) is 13.3 Å². The predicted octanol–water partition coefficient (Wildman–Crippen LogP) is 2.89. The van der Waals surface area contributed by atoms with Crippen molar-refractivity contribution in [1.29, 1.82) is 0 Å². The second-order valence-corrected chi connectivity index (χ2v) is 6.18. The summed E-state index contributed by atoms with van der Waals surface area (Å²) >= 11 is 0. The van der Waals surface area contributed by atoms with Gasteiger partial charge in [0.2, 0.25) is 5.91 Å². The second-order valence-electron chi connectivity index (χ2n) is 6.18. The van der Waals surface area contributed by atoms with Gasteiger partial charge < -0.3 is 15.0 Å². The molecular formula is C21H20N2O4. The van der Waals surface area contributed by atoms with Crippen LogP contribution in [0.15, 0.2) is 54.7 Å². The lowest BCUT2D eigenvalue weighted by Gasteiger charge is -2.06. The Morgan fingerprint density at radius 1 is 1.04 bits per heavy atom. The first-order chi connectivity index (χ1) is 13.0. The number of fused-ring (bicyclic) bond motifs is 1. The molecule has 1 amide bonds. The maximum Gasteiger partial charge on any atom is 0.340 e. The van der Waals surface area contributed by atoms with Gasteiger partial charge in [-0.25, -0.2) is 4.79 Å². The molecule has 138 valence electrons. The molecule has 3 rings (SSSR count). The third-order valence-corrected chi connectivity index (χ3v) is 4.21. The van der Waals surface area contributed by atoms with Gasteiger partial charge in [-0.15, -0.1) is 0 Å². The Labute approximate surface area is 156 Å². The summed E-state index contributed by atoms with van der Waals surface area (Å²) in [5.74, 6) is -0.872. The van der Waals surface area contributed by atoms with E-state index in [0.29, 0.717) is 24.1 Å². The quantitative estimate of drug-likeness (QED) is 0.498. The van der Waals surface area contributed by atoms with Crippen LogP contribution >= 0.6 is 0 Å². The van der Waals surface area contributed by atoms with Crippen molar-refractivity contribution >= 4 is 28.6 Å². The van der Waals surface area contributed by atoms with Crippen molar-refractivity contribution in [2.75, 3.05) is 13.2 Å². The van der Waals surface area contributed by atoms with Gasteiger partial charge in [-0.05, 0) is 18.1 Å². The van der Waals surface area contributed by atoms with Crippen LogP contribution in [0, 0.1) is 0 Å². The minimum absolute atomic E-state index is 0.0705. The van der Waals surface area contributed by atoms with E-state index in [0.717, 1.165) is 16.5 Å². The Balaban J connectivity index is 1.55. The fourth-order valence-corrected chi connectivity index (χ4v) is 2.77. The Kier molecular flexibility index (Phi) is 5.66. The van der Waals surface area contributed by atoms with Gasteiger partial charge in [-0.1, -0.05) is 42.5 Å². The van der Waals surface area contributed by atoms with Crippen LogP contribution in [0.5, 0.6) is 0 Å². The van der Waals surface area contributed by atoms with Crippen LogP contribution in [0.1, 0.15) is 33.2 Å². The maximum absolute atomic E-state index is 12.3. The summed E-state index contributed by atoms with van der Waals surface area (Å²) in [4.78, 5) is 38.4. The van der Waals surface area contributed by atoms with Crippen LogP contribution in [0.2, 0.25) is 0 Å². The summed E-state index contributed by atoms with van der Waals surface area (Å²) in [7, 11) is 0. The number of hydrogen-bond donors (Lipinski definition) is 2. The van der Waals surface area contributed by atoms with Gasteiger partial charge in [0.25, 0.3) is 0 Å². The third-order valence-electron chi connectivity index (χ3n) is 4.21. The molecule has 6 nitrogen and oxygen atoms in total. The fourth-order valence-electron chi connectivity index (χ4n) is 2.77. The summed E-state index contributed by atoms with van der Waals surface area (Å²) in [6, 6.07) is 14.5. The molecule has 1 heterocycles. The summed E-state index contributed by atoms with van der Waals surface area (Å²) in [5.41, 5.74) is 2.73. The van der Waals surface area contributed by atoms with Gasteiger partial charge in [0.15, 0.2) is 12.4 Å². The van der Waals surface area contributed by atoms with Gasteiger partial charge in [0.05, 0.1) is 5.56 Å². The number of ketones is 1. The lowest BCUT2D eigenvalue weighted by molar-refractivity contribution is -0.118. The van der Waals surface area contributed by atoms with Gasteiger partial charge in [-0.3, -0.25) is 9.59 Å². The van der Waals surface area contributed by atoms with Gasteiger partial charge in [0.1, 0.15) is 0 Å². The zero-order valence-corrected chi connectivity index (χ0v) is 15.0. The molecule has 0 aliphatic rings. The van der Waals surface area contributed by atoms with Crippen LogP contribution in [-0.4, -0.2) is 35.8 Å². The third kappa shape index (κ3) is 4.61. The van der Waals surface area contributed by atoms with E-state index in [1.165, 1.54) is 6.92 Å². The van der Waals surface area contributed by atoms with Crippen LogP contribution in [-0.2, 0) is 16.0 Å². The zero-order chi connectivity index (χ0) is 19.2. The Morgan fingerprint density at radius 2 is 1.78 bits per heavy atom. The molecule has 2 aromatic carbocycles. The number of rotatable bonds is 7. The van der Waals surface area contributed by atoms with E-state index < -0.39 is 5.97 Å².